The molecule has 3 aliphatic rings. The van der Waals surface area contributed by atoms with Crippen LogP contribution in [0.1, 0.15) is 71.1 Å². The topological polar surface area (TPSA) is 48.5 Å². The van der Waals surface area contributed by atoms with Gasteiger partial charge < -0.3 is 0 Å². The Morgan fingerprint density at radius 2 is 1.81 bits per heavy atom. The highest BCUT2D eigenvalue weighted by atomic mass is 15.5. The average molecular weight is 292 g/mol. The zero-order valence-corrected chi connectivity index (χ0v) is 13.5. The number of rotatable bonds is 4. The highest BCUT2D eigenvalue weighted by Gasteiger charge is 2.34. The highest BCUT2D eigenvalue weighted by Crippen LogP contribution is 2.33. The van der Waals surface area contributed by atoms with Crippen LogP contribution < -0.4 is 16.3 Å². The normalized spacial score (nSPS) is 35.3. The lowest BCUT2D eigenvalue weighted by Gasteiger charge is -2.42. The van der Waals surface area contributed by atoms with E-state index in [2.05, 4.69) is 23.2 Å². The summed E-state index contributed by atoms with van der Waals surface area (Å²) in [5.74, 6) is 2.30. The summed E-state index contributed by atoms with van der Waals surface area (Å²) in [6.07, 6.45) is 13.8. The number of hydrogen-bond donors (Lipinski definition) is 3. The van der Waals surface area contributed by atoms with Crippen LogP contribution in [0.4, 0.5) is 0 Å². The molecule has 1 saturated heterocycles. The van der Waals surface area contributed by atoms with Crippen molar-refractivity contribution in [3.05, 3.63) is 0 Å². The smallest absolute Gasteiger partial charge is 0.109 e. The molecule has 0 aromatic heterocycles. The molecule has 3 fully saturated rings. The van der Waals surface area contributed by atoms with Gasteiger partial charge in [0.1, 0.15) is 6.17 Å². The van der Waals surface area contributed by atoms with Crippen LogP contribution in [0.2, 0.25) is 0 Å². The fraction of sp³-hybridized carbons (Fsp3) is 0.941. The van der Waals surface area contributed by atoms with Gasteiger partial charge in [-0.1, -0.05) is 39.0 Å². The van der Waals surface area contributed by atoms with E-state index in [9.17, 15) is 0 Å². The molecule has 0 aromatic rings. The monoisotopic (exact) mass is 292 g/mol. The van der Waals surface area contributed by atoms with Gasteiger partial charge in [0, 0.05) is 12.3 Å². The van der Waals surface area contributed by atoms with Crippen molar-refractivity contribution in [2.24, 2.45) is 22.9 Å². The van der Waals surface area contributed by atoms with Crippen LogP contribution in [-0.4, -0.2) is 18.4 Å². The molecule has 2 saturated carbocycles. The third kappa shape index (κ3) is 3.78. The minimum absolute atomic E-state index is 0.314. The summed E-state index contributed by atoms with van der Waals surface area (Å²) in [7, 11) is 0. The third-order valence-electron chi connectivity index (χ3n) is 5.80. The Morgan fingerprint density at radius 3 is 2.62 bits per heavy atom. The van der Waals surface area contributed by atoms with Gasteiger partial charge in [-0.2, -0.15) is 5.10 Å². The number of nitrogens with zero attached hydrogens (tertiary/aromatic N) is 1. The SMILES string of the molecule is CC/C(=N/NC1NNCC2CCCCC21)C1CCCCC1. The second-order valence-corrected chi connectivity index (χ2v) is 7.13. The van der Waals surface area contributed by atoms with Crippen LogP contribution in [0.15, 0.2) is 5.10 Å². The molecular formula is C17H32N4. The predicted octanol–water partition coefficient (Wildman–Crippen LogP) is 3.16. The molecule has 0 spiro atoms. The van der Waals surface area contributed by atoms with Crippen molar-refractivity contribution >= 4 is 5.71 Å². The van der Waals surface area contributed by atoms with E-state index in [1.807, 2.05) is 0 Å². The van der Waals surface area contributed by atoms with Crippen molar-refractivity contribution in [3.8, 4) is 0 Å². The van der Waals surface area contributed by atoms with Crippen LogP contribution in [0.25, 0.3) is 0 Å². The Kier molecular flexibility index (Phi) is 5.53. The first kappa shape index (κ1) is 15.3. The zero-order chi connectivity index (χ0) is 14.5. The number of fused-ring (bicyclic) bond motifs is 1. The van der Waals surface area contributed by atoms with Gasteiger partial charge in [-0.3, -0.25) is 10.9 Å². The van der Waals surface area contributed by atoms with Crippen molar-refractivity contribution in [2.75, 3.05) is 6.54 Å². The maximum atomic E-state index is 4.84. The van der Waals surface area contributed by atoms with Crippen molar-refractivity contribution < 1.29 is 0 Å². The molecule has 4 nitrogen and oxygen atoms in total. The summed E-state index contributed by atoms with van der Waals surface area (Å²) >= 11 is 0. The molecule has 3 unspecified atom stereocenters. The molecule has 0 bridgehead atoms. The maximum absolute atomic E-state index is 4.84. The Balaban J connectivity index is 1.59. The average Bonchev–Trinajstić information content (AvgIpc) is 2.56. The lowest BCUT2D eigenvalue weighted by atomic mass is 9.77. The largest absolute Gasteiger partial charge is 0.291 e. The van der Waals surface area contributed by atoms with Gasteiger partial charge in [-0.05, 0) is 49.9 Å². The van der Waals surface area contributed by atoms with Gasteiger partial charge in [-0.25, -0.2) is 5.43 Å². The Bertz CT molecular complexity index is 347. The van der Waals surface area contributed by atoms with E-state index >= 15 is 0 Å². The standard InChI is InChI=1S/C17H32N4/c1-2-16(13-8-4-3-5-9-13)19-21-17-15-11-7-6-10-14(15)12-18-20-17/h13-15,17-18,20-21H,2-12H2,1H3/b19-16-. The predicted molar refractivity (Wildman–Crippen MR) is 87.8 cm³/mol. The summed E-state index contributed by atoms with van der Waals surface area (Å²) < 4.78 is 0. The molecule has 3 rings (SSSR count). The molecule has 4 heteroatoms. The van der Waals surface area contributed by atoms with E-state index in [4.69, 9.17) is 5.10 Å². The van der Waals surface area contributed by atoms with Crippen LogP contribution >= 0.6 is 0 Å². The van der Waals surface area contributed by atoms with Gasteiger partial charge in [-0.15, -0.1) is 0 Å². The van der Waals surface area contributed by atoms with E-state index in [1.54, 1.807) is 0 Å². The van der Waals surface area contributed by atoms with Gasteiger partial charge in [0.25, 0.3) is 0 Å². The maximum Gasteiger partial charge on any atom is 0.109 e. The summed E-state index contributed by atoms with van der Waals surface area (Å²) in [6, 6.07) is 0. The molecule has 1 aliphatic heterocycles. The first-order valence-corrected chi connectivity index (χ1v) is 9.19. The lowest BCUT2D eigenvalue weighted by Crippen LogP contribution is -2.61. The second-order valence-electron chi connectivity index (χ2n) is 7.13. The molecule has 2 aliphatic carbocycles. The van der Waals surface area contributed by atoms with E-state index < -0.39 is 0 Å². The highest BCUT2D eigenvalue weighted by molar-refractivity contribution is 5.86. The van der Waals surface area contributed by atoms with E-state index in [0.717, 1.165) is 30.7 Å². The summed E-state index contributed by atoms with van der Waals surface area (Å²) in [6.45, 7) is 3.38. The number of nitrogens with one attached hydrogen (secondary N) is 3. The minimum atomic E-state index is 0.314. The van der Waals surface area contributed by atoms with Crippen LogP contribution in [-0.2, 0) is 0 Å². The van der Waals surface area contributed by atoms with Crippen molar-refractivity contribution in [1.82, 2.24) is 16.3 Å². The molecule has 3 N–H and O–H groups in total. The fourth-order valence-electron chi connectivity index (χ4n) is 4.51. The molecule has 0 aromatic carbocycles. The van der Waals surface area contributed by atoms with Crippen LogP contribution in [0, 0.1) is 17.8 Å². The minimum Gasteiger partial charge on any atom is -0.291 e. The molecule has 3 atom stereocenters. The van der Waals surface area contributed by atoms with Gasteiger partial charge in [0.15, 0.2) is 0 Å². The summed E-state index contributed by atoms with van der Waals surface area (Å²) in [5, 5.41) is 4.84. The molecule has 0 radical (unpaired) electrons. The Labute approximate surface area is 129 Å². The second kappa shape index (κ2) is 7.59. The molecule has 120 valence electrons. The third-order valence-corrected chi connectivity index (χ3v) is 5.80. The molecule has 1 heterocycles. The van der Waals surface area contributed by atoms with Crippen molar-refractivity contribution in [1.29, 1.82) is 0 Å². The quantitative estimate of drug-likeness (QED) is 0.551. The van der Waals surface area contributed by atoms with E-state index in [-0.39, 0.29) is 0 Å². The van der Waals surface area contributed by atoms with E-state index in [1.165, 1.54) is 63.5 Å². The number of hydrazine groups is 1. The van der Waals surface area contributed by atoms with Gasteiger partial charge >= 0.3 is 0 Å². The summed E-state index contributed by atoms with van der Waals surface area (Å²) in [5.41, 5.74) is 11.7. The zero-order valence-electron chi connectivity index (χ0n) is 13.5. The fourth-order valence-corrected chi connectivity index (χ4v) is 4.51. The summed E-state index contributed by atoms with van der Waals surface area (Å²) in [4.78, 5) is 0. The lowest BCUT2D eigenvalue weighted by molar-refractivity contribution is 0.0993. The van der Waals surface area contributed by atoms with Crippen molar-refractivity contribution in [3.63, 3.8) is 0 Å². The number of hydrazone groups is 1. The van der Waals surface area contributed by atoms with Gasteiger partial charge in [0.05, 0.1) is 0 Å². The Morgan fingerprint density at radius 1 is 1.05 bits per heavy atom. The van der Waals surface area contributed by atoms with Crippen LogP contribution in [0.3, 0.4) is 0 Å². The molecule has 21 heavy (non-hydrogen) atoms. The van der Waals surface area contributed by atoms with Crippen molar-refractivity contribution in [2.45, 2.75) is 77.3 Å². The first-order chi connectivity index (χ1) is 10.4. The van der Waals surface area contributed by atoms with Gasteiger partial charge in [0.2, 0.25) is 0 Å². The van der Waals surface area contributed by atoms with E-state index in [0.29, 0.717) is 6.17 Å². The Hall–Kier alpha value is -0.610. The molecular weight excluding hydrogens is 260 g/mol. The first-order valence-electron chi connectivity index (χ1n) is 9.19. The number of hydrogen-bond acceptors (Lipinski definition) is 4. The molecule has 0 amide bonds. The van der Waals surface area contributed by atoms with Crippen LogP contribution in [0.5, 0.6) is 0 Å².